The van der Waals surface area contributed by atoms with Crippen molar-refractivity contribution in [2.45, 2.75) is 219 Å². The zero-order chi connectivity index (χ0) is 34.2. The second-order valence-electron chi connectivity index (χ2n) is 13.2. The quantitative estimate of drug-likeness (QED) is 0.0428. The fraction of sp³-hybridized carbons (Fsp3) is 0.875. The first-order chi connectivity index (χ1) is 22.4. The van der Waals surface area contributed by atoms with Crippen LogP contribution in [0, 0.1) is 0 Å². The van der Waals surface area contributed by atoms with Crippen molar-refractivity contribution in [2.24, 2.45) is 0 Å². The Hall–Kier alpha value is 0.150. The molecule has 0 aliphatic rings. The van der Waals surface area contributed by atoms with Gasteiger partial charge in [0.15, 0.2) is 0 Å². The fourth-order valence-corrected chi connectivity index (χ4v) is 5.69. The van der Waals surface area contributed by atoms with Crippen molar-refractivity contribution in [3.63, 3.8) is 0 Å². The van der Waals surface area contributed by atoms with Crippen LogP contribution in [0.2, 0.25) is 0 Å². The molecule has 0 rings (SSSR count). The Morgan fingerprint density at radius 2 is 0.625 bits per heavy atom. The number of rotatable bonds is 35. The van der Waals surface area contributed by atoms with Gasteiger partial charge < -0.3 is 24.5 Å². The molecule has 0 spiro atoms. The number of carboxylic acid groups (broad SMARTS) is 2. The number of unbranched alkanes of at least 4 members (excludes halogenated alkanes) is 29. The van der Waals surface area contributed by atoms with E-state index in [1.807, 2.05) is 0 Å². The van der Waals surface area contributed by atoms with Gasteiger partial charge in [0.05, 0.1) is 18.5 Å². The van der Waals surface area contributed by atoms with Gasteiger partial charge in [-0.05, 0) is 25.0 Å². The Morgan fingerprint density at radius 1 is 0.396 bits per heavy atom. The summed E-state index contributed by atoms with van der Waals surface area (Å²) in [5.74, 6) is -3.07. The van der Waals surface area contributed by atoms with Crippen LogP contribution < -0.4 is 69.3 Å². The van der Waals surface area contributed by atoms with E-state index in [0.717, 1.165) is 12.8 Å². The van der Waals surface area contributed by atoms with Crippen molar-refractivity contribution in [1.82, 2.24) is 0 Å². The maximum absolute atomic E-state index is 11.9. The summed E-state index contributed by atoms with van der Waals surface area (Å²) in [7, 11) is 0. The molecule has 0 aromatic carbocycles. The molecule has 6 nitrogen and oxygen atoms in total. The second-order valence-corrected chi connectivity index (χ2v) is 13.2. The van der Waals surface area contributed by atoms with Crippen molar-refractivity contribution < 1.29 is 88.4 Å². The third-order valence-electron chi connectivity index (χ3n) is 8.60. The van der Waals surface area contributed by atoms with Gasteiger partial charge in [0.2, 0.25) is 0 Å². The summed E-state index contributed by atoms with van der Waals surface area (Å²) in [5, 5.41) is 18.8. The van der Waals surface area contributed by atoms with Gasteiger partial charge in [0, 0.05) is 6.42 Å². The van der Waals surface area contributed by atoms with E-state index in [9.17, 15) is 24.6 Å². The molecule has 0 heterocycles. The molecule has 0 radical (unpaired) electrons. The smallest absolute Gasteiger partial charge is 0.545 e. The van der Waals surface area contributed by atoms with Crippen molar-refractivity contribution >= 4 is 17.9 Å². The molecule has 0 amide bonds. The largest absolute Gasteiger partial charge is 1.00 e. The van der Waals surface area contributed by atoms with Gasteiger partial charge in [-0.3, -0.25) is 4.79 Å². The number of carbonyl (C=O) groups excluding carboxylic acids is 3. The molecule has 0 bridgehead atoms. The molecule has 0 N–H and O–H groups in total. The standard InChI is InChI=1S/C36H72O2.C4H4O4.2Na/c1-3-5-7-9-11-13-15-17-19-21-23-25-27-29-31-33-35-38-36(37)34-32-30-28-26-24-22-20-18-16-14-12-10-8-6-4-2;5-3(6)1-2-4(7)8;;/h3-35H2,1-2H3;1-2H,(H,5,6)(H,7,8);;/q;;2*+1/p-2. The Bertz CT molecular complexity index is 671. The van der Waals surface area contributed by atoms with Crippen LogP contribution in [0.15, 0.2) is 12.2 Å². The van der Waals surface area contributed by atoms with Gasteiger partial charge in [-0.2, -0.15) is 0 Å². The summed E-state index contributed by atoms with van der Waals surface area (Å²) in [6, 6.07) is 0. The number of carboxylic acids is 2. The first kappa shape index (κ1) is 54.9. The average molecular weight is 697 g/mol. The summed E-state index contributed by atoms with van der Waals surface area (Å²) < 4.78 is 5.44. The predicted octanol–water partition coefficient (Wildman–Crippen LogP) is 4.10. The number of aliphatic carboxylic acids is 2. The van der Waals surface area contributed by atoms with Crippen LogP contribution >= 0.6 is 0 Å². The molecule has 0 aromatic heterocycles. The predicted molar refractivity (Wildman–Crippen MR) is 189 cm³/mol. The molecular weight excluding hydrogens is 622 g/mol. The third-order valence-corrected chi connectivity index (χ3v) is 8.60. The van der Waals surface area contributed by atoms with Gasteiger partial charge in [-0.25, -0.2) is 0 Å². The SMILES string of the molecule is CCCCCCCCCCCCCCCCCCOC(=O)CCCCCCCCCCCCCCCCC.O=C([O-])C=CC(=O)[O-].[Na+].[Na+]. The van der Waals surface area contributed by atoms with E-state index in [1.165, 1.54) is 186 Å². The fourth-order valence-electron chi connectivity index (χ4n) is 5.69. The maximum atomic E-state index is 11.9. The van der Waals surface area contributed by atoms with E-state index in [-0.39, 0.29) is 65.1 Å². The molecule has 272 valence electrons. The van der Waals surface area contributed by atoms with E-state index < -0.39 is 11.9 Å². The van der Waals surface area contributed by atoms with Crippen LogP contribution in [-0.4, -0.2) is 24.5 Å². The van der Waals surface area contributed by atoms with E-state index in [4.69, 9.17) is 4.74 Å². The van der Waals surface area contributed by atoms with Crippen LogP contribution in [0.1, 0.15) is 219 Å². The monoisotopic (exact) mass is 697 g/mol. The van der Waals surface area contributed by atoms with Gasteiger partial charge in [-0.1, -0.05) is 200 Å². The van der Waals surface area contributed by atoms with Crippen molar-refractivity contribution in [1.29, 1.82) is 0 Å². The molecule has 8 heteroatoms. The normalized spacial score (nSPS) is 10.5. The van der Waals surface area contributed by atoms with Crippen LogP contribution in [-0.2, 0) is 19.1 Å². The minimum absolute atomic E-state index is 0. The molecule has 0 unspecified atom stereocenters. The maximum Gasteiger partial charge on any atom is 1.00 e. The van der Waals surface area contributed by atoms with E-state index in [1.54, 1.807) is 0 Å². The van der Waals surface area contributed by atoms with Crippen molar-refractivity contribution in [3.05, 3.63) is 12.2 Å². The van der Waals surface area contributed by atoms with Gasteiger partial charge in [0.1, 0.15) is 0 Å². The first-order valence-electron chi connectivity index (χ1n) is 19.7. The van der Waals surface area contributed by atoms with E-state index >= 15 is 0 Å². The van der Waals surface area contributed by atoms with Gasteiger partial charge in [-0.15, -0.1) is 0 Å². The number of hydrogen-bond acceptors (Lipinski definition) is 6. The molecule has 0 saturated heterocycles. The molecule has 48 heavy (non-hydrogen) atoms. The van der Waals surface area contributed by atoms with Gasteiger partial charge in [0.25, 0.3) is 0 Å². The molecular formula is C40H74Na2O6. The Balaban J connectivity index is -0.000000852. The zero-order valence-electron chi connectivity index (χ0n) is 32.4. The number of ether oxygens (including phenoxy) is 1. The minimum atomic E-state index is -1.55. The molecule has 0 aliphatic heterocycles. The topological polar surface area (TPSA) is 107 Å². The van der Waals surface area contributed by atoms with Crippen LogP contribution in [0.25, 0.3) is 0 Å². The average Bonchev–Trinajstić information content (AvgIpc) is 3.03. The Morgan fingerprint density at radius 3 is 0.875 bits per heavy atom. The first-order valence-corrected chi connectivity index (χ1v) is 19.7. The van der Waals surface area contributed by atoms with Crippen molar-refractivity contribution in [2.75, 3.05) is 6.61 Å². The number of hydrogen-bond donors (Lipinski definition) is 0. The number of carbonyl (C=O) groups is 3. The van der Waals surface area contributed by atoms with Gasteiger partial charge >= 0.3 is 65.1 Å². The third kappa shape index (κ3) is 55.6. The Kier molecular flexibility index (Phi) is 56.4. The van der Waals surface area contributed by atoms with Crippen LogP contribution in [0.4, 0.5) is 0 Å². The molecule has 0 fully saturated rings. The van der Waals surface area contributed by atoms with Crippen molar-refractivity contribution in [3.8, 4) is 0 Å². The second kappa shape index (κ2) is 49.3. The number of esters is 1. The van der Waals surface area contributed by atoms with Crippen LogP contribution in [0.3, 0.4) is 0 Å². The summed E-state index contributed by atoms with van der Waals surface area (Å²) in [5.41, 5.74) is 0. The van der Waals surface area contributed by atoms with E-state index in [0.29, 0.717) is 25.2 Å². The molecule has 0 saturated carbocycles. The van der Waals surface area contributed by atoms with E-state index in [2.05, 4.69) is 13.8 Å². The molecule has 0 aliphatic carbocycles. The molecule has 0 aromatic rings. The Labute approximate surface area is 341 Å². The summed E-state index contributed by atoms with van der Waals surface area (Å²) >= 11 is 0. The van der Waals surface area contributed by atoms with Crippen LogP contribution in [0.5, 0.6) is 0 Å². The molecule has 0 atom stereocenters. The summed E-state index contributed by atoms with van der Waals surface area (Å²) in [4.78, 5) is 30.7. The summed E-state index contributed by atoms with van der Waals surface area (Å²) in [6.07, 6.45) is 43.8. The minimum Gasteiger partial charge on any atom is -0.545 e. The zero-order valence-corrected chi connectivity index (χ0v) is 36.4. The summed E-state index contributed by atoms with van der Waals surface area (Å²) in [6.45, 7) is 5.22.